The summed E-state index contributed by atoms with van der Waals surface area (Å²) in [5.74, 6) is -0.174. The number of rotatable bonds is 1. The van der Waals surface area contributed by atoms with Crippen molar-refractivity contribution in [1.82, 2.24) is 4.72 Å². The first kappa shape index (κ1) is 7.17. The van der Waals surface area contributed by atoms with Crippen LogP contribution in [0, 0.1) is 0 Å². The lowest BCUT2D eigenvalue weighted by Crippen LogP contribution is -2.21. The van der Waals surface area contributed by atoms with E-state index >= 15 is 0 Å². The fraction of sp³-hybridized carbons (Fsp3) is 0.667. The van der Waals surface area contributed by atoms with Gasteiger partial charge in [0.25, 0.3) is 0 Å². The number of thiol groups is 2. The molecule has 1 atom stereocenters. The summed E-state index contributed by atoms with van der Waals surface area (Å²) in [5, 5.41) is -0.266. The zero-order chi connectivity index (χ0) is 5.86. The number of amides is 1. The van der Waals surface area contributed by atoms with Crippen molar-refractivity contribution in [2.45, 2.75) is 12.2 Å². The molecule has 0 rings (SSSR count). The zero-order valence-corrected chi connectivity index (χ0v) is 5.67. The van der Waals surface area contributed by atoms with Crippen LogP contribution in [0.15, 0.2) is 0 Å². The lowest BCUT2D eigenvalue weighted by Gasteiger charge is -1.96. The molecular weight excluding hydrogens is 130 g/mol. The van der Waals surface area contributed by atoms with Gasteiger partial charge in [-0.15, -0.1) is 0 Å². The summed E-state index contributed by atoms with van der Waals surface area (Å²) in [4.78, 5) is 10.2. The van der Waals surface area contributed by atoms with Crippen LogP contribution >= 0.6 is 25.4 Å². The van der Waals surface area contributed by atoms with Gasteiger partial charge in [0.15, 0.2) is 0 Å². The van der Waals surface area contributed by atoms with Gasteiger partial charge in [0.1, 0.15) is 0 Å². The number of hydrogen-bond acceptors (Lipinski definition) is 3. The number of carbonyl (C=O) groups is 1. The Hall–Kier alpha value is 0.170. The Kier molecular flexibility index (Phi) is 3.29. The first-order valence-electron chi connectivity index (χ1n) is 1.80. The molecule has 0 bridgehead atoms. The predicted octanol–water partition coefficient (Wildman–Crippen LogP) is 0.266. The van der Waals surface area contributed by atoms with Gasteiger partial charge in [-0.1, -0.05) is 12.8 Å². The highest BCUT2D eigenvalue weighted by atomic mass is 32.1. The average Bonchev–Trinajstić information content (AvgIpc) is 1.65. The molecule has 0 fully saturated rings. The number of hydrogen-bond donors (Lipinski definition) is 3. The fourth-order valence-corrected chi connectivity index (χ4v) is 0.453. The molecule has 4 heteroatoms. The maximum Gasteiger partial charge on any atom is 0.242 e. The molecule has 1 amide bonds. The van der Waals surface area contributed by atoms with Crippen molar-refractivity contribution >= 4 is 31.4 Å². The van der Waals surface area contributed by atoms with E-state index in [1.165, 1.54) is 0 Å². The molecular formula is C3H7NOS2. The van der Waals surface area contributed by atoms with Gasteiger partial charge in [0.05, 0.1) is 5.25 Å². The van der Waals surface area contributed by atoms with Gasteiger partial charge in [-0.2, -0.15) is 12.6 Å². The summed E-state index contributed by atoms with van der Waals surface area (Å²) >= 11 is 7.32. The standard InChI is InChI=1S/C3H7NOS2/c1-2(6)3(5)4-7/h2,6-7H,1H3,(H,4,5). The molecule has 0 heterocycles. The first-order chi connectivity index (χ1) is 3.18. The average molecular weight is 137 g/mol. The van der Waals surface area contributed by atoms with Crippen LogP contribution in [-0.4, -0.2) is 11.2 Å². The number of nitrogens with one attached hydrogen (secondary N) is 1. The SMILES string of the molecule is CC(S)C(=O)NS. The molecule has 0 aromatic rings. The van der Waals surface area contributed by atoms with E-state index in [9.17, 15) is 4.79 Å². The Bertz CT molecular complexity index is 73.3. The van der Waals surface area contributed by atoms with Crippen molar-refractivity contribution in [3.63, 3.8) is 0 Å². The first-order valence-corrected chi connectivity index (χ1v) is 2.77. The molecule has 1 N–H and O–H groups in total. The van der Waals surface area contributed by atoms with Crippen molar-refractivity contribution in [1.29, 1.82) is 0 Å². The van der Waals surface area contributed by atoms with Crippen molar-refractivity contribution in [2.24, 2.45) is 0 Å². The van der Waals surface area contributed by atoms with E-state index in [0.717, 1.165) is 0 Å². The van der Waals surface area contributed by atoms with Gasteiger partial charge in [0.2, 0.25) is 5.91 Å². The van der Waals surface area contributed by atoms with Crippen LogP contribution in [0.5, 0.6) is 0 Å². The van der Waals surface area contributed by atoms with E-state index < -0.39 is 0 Å². The highest BCUT2D eigenvalue weighted by molar-refractivity contribution is 7.82. The molecule has 0 aliphatic rings. The van der Waals surface area contributed by atoms with Gasteiger partial charge in [-0.05, 0) is 6.92 Å². The molecule has 1 unspecified atom stereocenters. The fourth-order valence-electron chi connectivity index (χ4n) is 0.0934. The quantitative estimate of drug-likeness (QED) is 0.445. The molecule has 0 aromatic carbocycles. The van der Waals surface area contributed by atoms with Crippen LogP contribution in [0.4, 0.5) is 0 Å². The minimum Gasteiger partial charge on any atom is -0.302 e. The summed E-state index contributed by atoms with van der Waals surface area (Å²) in [6.45, 7) is 1.68. The Labute approximate surface area is 53.6 Å². The lowest BCUT2D eigenvalue weighted by atomic mass is 10.5. The maximum atomic E-state index is 10.2. The Morgan fingerprint density at radius 2 is 2.29 bits per heavy atom. The number of carbonyl (C=O) groups excluding carboxylic acids is 1. The van der Waals surface area contributed by atoms with Crippen molar-refractivity contribution < 1.29 is 4.79 Å². The molecule has 0 aromatic heterocycles. The van der Waals surface area contributed by atoms with Gasteiger partial charge < -0.3 is 4.72 Å². The van der Waals surface area contributed by atoms with Gasteiger partial charge >= 0.3 is 0 Å². The minimum atomic E-state index is -0.266. The highest BCUT2D eigenvalue weighted by Crippen LogP contribution is 1.90. The third-order valence-electron chi connectivity index (χ3n) is 0.490. The highest BCUT2D eigenvalue weighted by Gasteiger charge is 2.02. The minimum absolute atomic E-state index is 0.174. The summed E-state index contributed by atoms with van der Waals surface area (Å²) in [6.07, 6.45) is 0. The zero-order valence-electron chi connectivity index (χ0n) is 3.88. The van der Waals surface area contributed by atoms with Crippen LogP contribution in [-0.2, 0) is 4.79 Å². The Balaban J connectivity index is 3.35. The van der Waals surface area contributed by atoms with Crippen molar-refractivity contribution in [3.05, 3.63) is 0 Å². The monoisotopic (exact) mass is 137 g/mol. The van der Waals surface area contributed by atoms with Gasteiger partial charge in [0, 0.05) is 0 Å². The van der Waals surface area contributed by atoms with E-state index in [1.54, 1.807) is 6.92 Å². The molecule has 0 aliphatic carbocycles. The van der Waals surface area contributed by atoms with Gasteiger partial charge in [-0.25, -0.2) is 0 Å². The van der Waals surface area contributed by atoms with Crippen LogP contribution in [0.3, 0.4) is 0 Å². The predicted molar refractivity (Wildman–Crippen MR) is 35.6 cm³/mol. The van der Waals surface area contributed by atoms with E-state index in [4.69, 9.17) is 0 Å². The molecule has 0 aliphatic heterocycles. The Morgan fingerprint density at radius 1 is 1.86 bits per heavy atom. The van der Waals surface area contributed by atoms with E-state index in [0.29, 0.717) is 0 Å². The second kappa shape index (κ2) is 3.21. The lowest BCUT2D eigenvalue weighted by molar-refractivity contribution is -0.118. The maximum absolute atomic E-state index is 10.2. The van der Waals surface area contributed by atoms with Crippen LogP contribution in [0.1, 0.15) is 6.92 Å². The van der Waals surface area contributed by atoms with Crippen LogP contribution in [0.2, 0.25) is 0 Å². The summed E-state index contributed by atoms with van der Waals surface area (Å²) in [7, 11) is 0. The van der Waals surface area contributed by atoms with Crippen LogP contribution < -0.4 is 4.72 Å². The molecule has 0 saturated heterocycles. The second-order valence-electron chi connectivity index (χ2n) is 1.15. The Morgan fingerprint density at radius 3 is 2.29 bits per heavy atom. The van der Waals surface area contributed by atoms with E-state index in [1.807, 2.05) is 0 Å². The van der Waals surface area contributed by atoms with E-state index in [2.05, 4.69) is 30.2 Å². The normalized spacial score (nSPS) is 13.0. The van der Waals surface area contributed by atoms with E-state index in [-0.39, 0.29) is 11.2 Å². The smallest absolute Gasteiger partial charge is 0.242 e. The molecule has 42 valence electrons. The molecule has 7 heavy (non-hydrogen) atoms. The second-order valence-corrected chi connectivity index (χ2v) is 2.15. The summed E-state index contributed by atoms with van der Waals surface area (Å²) in [6, 6.07) is 0. The largest absolute Gasteiger partial charge is 0.302 e. The van der Waals surface area contributed by atoms with Gasteiger partial charge in [-0.3, -0.25) is 4.79 Å². The summed E-state index contributed by atoms with van der Waals surface area (Å²) in [5.41, 5.74) is 0. The molecule has 0 saturated carbocycles. The topological polar surface area (TPSA) is 29.1 Å². The summed E-state index contributed by atoms with van der Waals surface area (Å²) < 4.78 is 2.14. The van der Waals surface area contributed by atoms with Crippen molar-refractivity contribution in [3.8, 4) is 0 Å². The third-order valence-corrected chi connectivity index (χ3v) is 0.945. The molecule has 0 radical (unpaired) electrons. The molecule has 2 nitrogen and oxygen atoms in total. The third kappa shape index (κ3) is 2.82. The molecule has 0 spiro atoms. The van der Waals surface area contributed by atoms with Crippen LogP contribution in [0.25, 0.3) is 0 Å². The van der Waals surface area contributed by atoms with Crippen molar-refractivity contribution in [2.75, 3.05) is 0 Å².